The normalized spacial score (nSPS) is 10.8. The number of amides is 2. The number of rotatable bonds is 9. The summed E-state index contributed by atoms with van der Waals surface area (Å²) in [5.74, 6) is 0.383. The fourth-order valence-electron chi connectivity index (χ4n) is 3.25. The largest absolute Gasteiger partial charge is 0.491 e. The highest BCUT2D eigenvalue weighted by Gasteiger charge is 2.21. The number of carbonyl (C=O) groups excluding carboxylic acids is 2. The van der Waals surface area contributed by atoms with Crippen LogP contribution >= 0.6 is 23.4 Å². The molecule has 0 aliphatic heterocycles. The number of nitrogens with one attached hydrogen (secondary N) is 1. The number of nitrogens with two attached hydrogens (primary N) is 1. The number of hydrogen-bond donors (Lipinski definition) is 2. The molecule has 0 bridgehead atoms. The zero-order chi connectivity index (χ0) is 23.2. The van der Waals surface area contributed by atoms with Crippen molar-refractivity contribution in [2.24, 2.45) is 5.73 Å². The zero-order valence-electron chi connectivity index (χ0n) is 17.5. The molecule has 1 heterocycles. The number of hydrogen-bond acceptors (Lipinski definition) is 5. The molecule has 6 nitrogen and oxygen atoms in total. The van der Waals surface area contributed by atoms with E-state index in [-0.39, 0.29) is 24.7 Å². The third-order valence-corrected chi connectivity index (χ3v) is 6.13. The Morgan fingerprint density at radius 1 is 1.00 bits per heavy atom. The molecule has 8 heteroatoms. The van der Waals surface area contributed by atoms with Crippen LogP contribution in [0.2, 0.25) is 5.02 Å². The number of fused-ring (bicyclic) bond motifs is 1. The van der Waals surface area contributed by atoms with Crippen molar-refractivity contribution in [1.82, 2.24) is 0 Å². The lowest BCUT2D eigenvalue weighted by molar-refractivity contribution is -0.118. The molecule has 0 saturated carbocycles. The Morgan fingerprint density at radius 3 is 2.52 bits per heavy atom. The lowest BCUT2D eigenvalue weighted by atomic mass is 10.1. The van der Waals surface area contributed by atoms with Crippen molar-refractivity contribution in [2.75, 3.05) is 11.9 Å². The van der Waals surface area contributed by atoms with E-state index in [0.717, 1.165) is 15.8 Å². The molecule has 33 heavy (non-hydrogen) atoms. The van der Waals surface area contributed by atoms with Crippen LogP contribution in [0.5, 0.6) is 5.75 Å². The summed E-state index contributed by atoms with van der Waals surface area (Å²) >= 11 is 7.57. The number of ether oxygens (including phenoxy) is 1. The van der Waals surface area contributed by atoms with Crippen molar-refractivity contribution in [1.29, 1.82) is 0 Å². The first-order valence-corrected chi connectivity index (χ1v) is 11.6. The van der Waals surface area contributed by atoms with Crippen LogP contribution in [0, 0.1) is 0 Å². The molecule has 168 valence electrons. The van der Waals surface area contributed by atoms with Gasteiger partial charge < -0.3 is 20.2 Å². The number of furan rings is 1. The Kier molecular flexibility index (Phi) is 7.22. The summed E-state index contributed by atoms with van der Waals surface area (Å²) in [4.78, 5) is 25.3. The fourth-order valence-corrected chi connectivity index (χ4v) is 4.30. The van der Waals surface area contributed by atoms with Crippen LogP contribution < -0.4 is 15.8 Å². The van der Waals surface area contributed by atoms with E-state index in [1.165, 1.54) is 0 Å². The molecule has 3 N–H and O–H groups in total. The minimum Gasteiger partial charge on any atom is -0.491 e. The van der Waals surface area contributed by atoms with Gasteiger partial charge in [-0.1, -0.05) is 41.9 Å². The summed E-state index contributed by atoms with van der Waals surface area (Å²) in [6.45, 7) is 0.121. The molecule has 1 aromatic heterocycles. The standard InChI is InChI=1S/C25H21ClN2O4S/c26-16-9-11-17(12-10-16)33-15-19-18-5-1-3-7-21(18)32-24(19)25(30)28-20-6-2-4-8-22(20)31-14-13-23(27)29/h1-12H,13-15H2,(H2,27,29)(H,28,30). The van der Waals surface area contributed by atoms with Gasteiger partial charge in [0.15, 0.2) is 5.76 Å². The molecule has 3 aromatic carbocycles. The molecule has 2 amide bonds. The van der Waals surface area contributed by atoms with E-state index in [9.17, 15) is 9.59 Å². The summed E-state index contributed by atoms with van der Waals surface area (Å²) in [5, 5.41) is 4.43. The van der Waals surface area contributed by atoms with Crippen LogP contribution in [0.3, 0.4) is 0 Å². The number of halogens is 1. The van der Waals surface area contributed by atoms with E-state index in [1.54, 1.807) is 36.0 Å². The van der Waals surface area contributed by atoms with E-state index in [2.05, 4.69) is 5.32 Å². The van der Waals surface area contributed by atoms with E-state index in [1.807, 2.05) is 48.5 Å². The van der Waals surface area contributed by atoms with Gasteiger partial charge in [-0.3, -0.25) is 9.59 Å². The van der Waals surface area contributed by atoms with Crippen LogP contribution in [0.4, 0.5) is 5.69 Å². The van der Waals surface area contributed by atoms with E-state index < -0.39 is 5.91 Å². The average Bonchev–Trinajstić information content (AvgIpc) is 3.18. The third kappa shape index (κ3) is 5.69. The van der Waals surface area contributed by atoms with Gasteiger partial charge in [0.2, 0.25) is 5.91 Å². The highest BCUT2D eigenvalue weighted by atomic mass is 35.5. The van der Waals surface area contributed by atoms with Gasteiger partial charge in [0.05, 0.1) is 18.7 Å². The predicted octanol–water partition coefficient (Wildman–Crippen LogP) is 5.89. The van der Waals surface area contributed by atoms with E-state index in [4.69, 9.17) is 26.5 Å². The van der Waals surface area contributed by atoms with Gasteiger partial charge in [-0.15, -0.1) is 11.8 Å². The first kappa shape index (κ1) is 22.8. The number of anilines is 1. The SMILES string of the molecule is NC(=O)CCOc1ccccc1NC(=O)c1oc2ccccc2c1CSc1ccc(Cl)cc1. The second kappa shape index (κ2) is 10.5. The summed E-state index contributed by atoms with van der Waals surface area (Å²) in [6.07, 6.45) is 0.0813. The molecule has 0 aliphatic carbocycles. The fraction of sp³-hybridized carbons (Fsp3) is 0.120. The Hall–Kier alpha value is -3.42. The molecule has 4 rings (SSSR count). The van der Waals surface area contributed by atoms with Gasteiger partial charge in [-0.25, -0.2) is 0 Å². The maximum absolute atomic E-state index is 13.2. The Bertz CT molecular complexity index is 1290. The van der Waals surface area contributed by atoms with Crippen molar-refractivity contribution in [3.63, 3.8) is 0 Å². The minimum atomic E-state index is -0.457. The number of thioether (sulfide) groups is 1. The summed E-state index contributed by atoms with van der Waals surface area (Å²) < 4.78 is 11.6. The van der Waals surface area contributed by atoms with Gasteiger partial charge in [0.1, 0.15) is 11.3 Å². The molecule has 0 radical (unpaired) electrons. The predicted molar refractivity (Wildman–Crippen MR) is 131 cm³/mol. The van der Waals surface area contributed by atoms with E-state index >= 15 is 0 Å². The van der Waals surface area contributed by atoms with Crippen molar-refractivity contribution in [3.05, 3.63) is 89.1 Å². The van der Waals surface area contributed by atoms with Gasteiger partial charge in [-0.05, 0) is 42.5 Å². The maximum atomic E-state index is 13.2. The topological polar surface area (TPSA) is 94.6 Å². The van der Waals surface area contributed by atoms with Crippen LogP contribution in [0.15, 0.2) is 82.1 Å². The molecule has 0 spiro atoms. The summed E-state index contributed by atoms with van der Waals surface area (Å²) in [7, 11) is 0. The molecule has 0 atom stereocenters. The molecule has 0 aliphatic rings. The quantitative estimate of drug-likeness (QED) is 0.291. The maximum Gasteiger partial charge on any atom is 0.291 e. The minimum absolute atomic E-state index is 0.0813. The summed E-state index contributed by atoms with van der Waals surface area (Å²) in [5.41, 5.74) is 7.09. The lowest BCUT2D eigenvalue weighted by Gasteiger charge is -2.12. The first-order valence-electron chi connectivity index (χ1n) is 10.2. The van der Waals surface area contributed by atoms with Gasteiger partial charge in [0, 0.05) is 26.6 Å². The van der Waals surface area contributed by atoms with Gasteiger partial charge in [0.25, 0.3) is 5.91 Å². The average molecular weight is 481 g/mol. The highest BCUT2D eigenvalue weighted by molar-refractivity contribution is 7.98. The molecular formula is C25H21ClN2O4S. The van der Waals surface area contributed by atoms with E-state index in [0.29, 0.717) is 27.8 Å². The second-order valence-corrected chi connectivity index (χ2v) is 8.65. The first-order chi connectivity index (χ1) is 16.0. The number of carbonyl (C=O) groups is 2. The smallest absolute Gasteiger partial charge is 0.291 e. The number of benzene rings is 3. The van der Waals surface area contributed by atoms with Gasteiger partial charge in [-0.2, -0.15) is 0 Å². The molecule has 0 unspecified atom stereocenters. The Labute approximate surface area is 200 Å². The van der Waals surface area contributed by atoms with Crippen molar-refractivity contribution in [3.8, 4) is 5.75 Å². The Balaban J connectivity index is 1.58. The third-order valence-electron chi connectivity index (χ3n) is 4.84. The monoisotopic (exact) mass is 480 g/mol. The van der Waals surface area contributed by atoms with Crippen molar-refractivity contribution < 1.29 is 18.7 Å². The van der Waals surface area contributed by atoms with Crippen molar-refractivity contribution in [2.45, 2.75) is 17.1 Å². The molecule has 4 aromatic rings. The van der Waals surface area contributed by atoms with Crippen LogP contribution in [-0.4, -0.2) is 18.4 Å². The zero-order valence-corrected chi connectivity index (χ0v) is 19.1. The van der Waals surface area contributed by atoms with Gasteiger partial charge >= 0.3 is 0 Å². The lowest BCUT2D eigenvalue weighted by Crippen LogP contribution is -2.16. The molecule has 0 fully saturated rings. The summed E-state index contributed by atoms with van der Waals surface area (Å²) in [6, 6.07) is 22.1. The van der Waals surface area contributed by atoms with Crippen LogP contribution in [0.1, 0.15) is 22.5 Å². The van der Waals surface area contributed by atoms with Crippen LogP contribution in [0.25, 0.3) is 11.0 Å². The second-order valence-electron chi connectivity index (χ2n) is 7.16. The highest BCUT2D eigenvalue weighted by Crippen LogP contribution is 2.33. The van der Waals surface area contributed by atoms with Crippen molar-refractivity contribution >= 4 is 51.8 Å². The number of para-hydroxylation sites is 3. The van der Waals surface area contributed by atoms with Crippen LogP contribution in [-0.2, 0) is 10.5 Å². The number of primary amides is 1. The Morgan fingerprint density at radius 2 is 1.73 bits per heavy atom. The molecular weight excluding hydrogens is 460 g/mol. The molecule has 0 saturated heterocycles.